The quantitative estimate of drug-likeness (QED) is 0.944. The zero-order chi connectivity index (χ0) is 16.6. The number of aromatic nitrogens is 1. The highest BCUT2D eigenvalue weighted by Crippen LogP contribution is 2.36. The number of rotatable bonds is 3. The average molecular weight is 322 g/mol. The fourth-order valence-corrected chi connectivity index (χ4v) is 2.96. The number of benzene rings is 1. The van der Waals surface area contributed by atoms with Crippen LogP contribution < -0.4 is 4.90 Å². The fourth-order valence-electron chi connectivity index (χ4n) is 2.96. The van der Waals surface area contributed by atoms with E-state index in [1.165, 1.54) is 18.3 Å². The Hall–Kier alpha value is -2.57. The van der Waals surface area contributed by atoms with Crippen molar-refractivity contribution < 1.29 is 23.1 Å². The molecule has 1 aromatic heterocycles. The van der Waals surface area contributed by atoms with Crippen LogP contribution in [0, 0.1) is 23.4 Å². The van der Waals surface area contributed by atoms with E-state index in [1.807, 2.05) is 0 Å². The summed E-state index contributed by atoms with van der Waals surface area (Å²) in [6, 6.07) is 4.35. The van der Waals surface area contributed by atoms with Crippen LogP contribution >= 0.6 is 0 Å². The number of carboxylic acids is 1. The molecule has 1 aliphatic heterocycles. The maximum Gasteiger partial charge on any atom is 0.308 e. The van der Waals surface area contributed by atoms with E-state index in [0.29, 0.717) is 5.69 Å². The second-order valence-corrected chi connectivity index (χ2v) is 5.48. The smallest absolute Gasteiger partial charge is 0.308 e. The van der Waals surface area contributed by atoms with Crippen molar-refractivity contribution in [2.45, 2.75) is 5.92 Å². The second-order valence-electron chi connectivity index (χ2n) is 5.48. The molecule has 1 aromatic carbocycles. The molecule has 2 aromatic rings. The van der Waals surface area contributed by atoms with Gasteiger partial charge in [-0.3, -0.25) is 9.78 Å². The van der Waals surface area contributed by atoms with E-state index in [-0.39, 0.29) is 18.7 Å². The summed E-state index contributed by atoms with van der Waals surface area (Å²) in [6.07, 6.45) is 2.47. The molecule has 4 nitrogen and oxygen atoms in total. The number of hydrogen-bond acceptors (Lipinski definition) is 3. The predicted octanol–water partition coefficient (Wildman–Crippen LogP) is 2.80. The van der Waals surface area contributed by atoms with Gasteiger partial charge in [0, 0.05) is 31.1 Å². The van der Waals surface area contributed by atoms with Gasteiger partial charge in [-0.25, -0.2) is 13.2 Å². The normalized spacial score (nSPS) is 20.7. The zero-order valence-electron chi connectivity index (χ0n) is 11.9. The lowest BCUT2D eigenvalue weighted by molar-refractivity contribution is -0.141. The zero-order valence-corrected chi connectivity index (χ0v) is 11.9. The predicted molar refractivity (Wildman–Crippen MR) is 76.6 cm³/mol. The summed E-state index contributed by atoms with van der Waals surface area (Å²) in [5, 5.41) is 9.40. The molecular formula is C16H13F3N2O2. The standard InChI is InChI=1S/C16H13F3N2O2/c17-9-1-2-12(15(19)4-9)13-7-21(8-14(13)16(22)23)11-3-10(18)5-20-6-11/h1-6,13-14H,7-8H2,(H,22,23)/t13-,14+/m0/s1. The van der Waals surface area contributed by atoms with Gasteiger partial charge < -0.3 is 10.0 Å². The Morgan fingerprint density at radius 1 is 1.13 bits per heavy atom. The van der Waals surface area contributed by atoms with Crippen molar-refractivity contribution in [1.82, 2.24) is 4.98 Å². The van der Waals surface area contributed by atoms with Crippen LogP contribution in [0.5, 0.6) is 0 Å². The van der Waals surface area contributed by atoms with Crippen molar-refractivity contribution in [2.75, 3.05) is 18.0 Å². The monoisotopic (exact) mass is 322 g/mol. The van der Waals surface area contributed by atoms with Crippen molar-refractivity contribution in [1.29, 1.82) is 0 Å². The van der Waals surface area contributed by atoms with Gasteiger partial charge >= 0.3 is 5.97 Å². The number of hydrogen-bond donors (Lipinski definition) is 1. The van der Waals surface area contributed by atoms with Crippen LogP contribution in [0.25, 0.3) is 0 Å². The molecule has 23 heavy (non-hydrogen) atoms. The van der Waals surface area contributed by atoms with E-state index in [9.17, 15) is 23.1 Å². The van der Waals surface area contributed by atoms with Crippen molar-refractivity contribution >= 4 is 11.7 Å². The molecule has 0 spiro atoms. The number of halogens is 3. The Bertz CT molecular complexity index is 754. The van der Waals surface area contributed by atoms with E-state index in [2.05, 4.69) is 4.98 Å². The van der Waals surface area contributed by atoms with E-state index in [1.54, 1.807) is 4.90 Å². The number of pyridine rings is 1. The van der Waals surface area contributed by atoms with Crippen LogP contribution in [0.15, 0.2) is 36.7 Å². The van der Waals surface area contributed by atoms with Crippen LogP contribution in [-0.2, 0) is 4.79 Å². The molecule has 0 bridgehead atoms. The van der Waals surface area contributed by atoms with Gasteiger partial charge in [0.2, 0.25) is 0 Å². The first kappa shape index (κ1) is 15.3. The Labute approximate surface area is 130 Å². The van der Waals surface area contributed by atoms with Crippen molar-refractivity contribution in [3.05, 3.63) is 59.7 Å². The first-order valence-electron chi connectivity index (χ1n) is 6.99. The third-order valence-corrected chi connectivity index (χ3v) is 4.05. The number of carboxylic acid groups (broad SMARTS) is 1. The molecule has 1 aliphatic rings. The highest BCUT2D eigenvalue weighted by atomic mass is 19.1. The summed E-state index contributed by atoms with van der Waals surface area (Å²) in [6.45, 7) is 0.284. The molecule has 120 valence electrons. The van der Waals surface area contributed by atoms with E-state index < -0.39 is 35.3 Å². The van der Waals surface area contributed by atoms with Gasteiger partial charge in [0.05, 0.1) is 24.0 Å². The molecule has 2 atom stereocenters. The minimum atomic E-state index is -1.08. The SMILES string of the molecule is O=C(O)[C@@H]1CN(c2cncc(F)c2)C[C@H]1c1ccc(F)cc1F. The number of aliphatic carboxylic acids is 1. The highest BCUT2D eigenvalue weighted by molar-refractivity contribution is 5.74. The lowest BCUT2D eigenvalue weighted by atomic mass is 9.88. The minimum absolute atomic E-state index is 0.0992. The van der Waals surface area contributed by atoms with Gasteiger partial charge in [-0.05, 0) is 11.6 Å². The average Bonchev–Trinajstić information content (AvgIpc) is 2.92. The molecule has 1 saturated heterocycles. The molecule has 2 heterocycles. The van der Waals surface area contributed by atoms with Gasteiger partial charge in [0.1, 0.15) is 17.5 Å². The molecule has 0 radical (unpaired) electrons. The van der Waals surface area contributed by atoms with Crippen LogP contribution in [0.2, 0.25) is 0 Å². The first-order chi connectivity index (χ1) is 11.0. The molecule has 0 saturated carbocycles. The summed E-state index contributed by atoms with van der Waals surface area (Å²) in [5.41, 5.74) is 0.576. The lowest BCUT2D eigenvalue weighted by Crippen LogP contribution is -2.23. The lowest BCUT2D eigenvalue weighted by Gasteiger charge is -2.18. The van der Waals surface area contributed by atoms with Crippen LogP contribution in [0.1, 0.15) is 11.5 Å². The molecule has 3 rings (SSSR count). The van der Waals surface area contributed by atoms with E-state index in [0.717, 1.165) is 18.3 Å². The summed E-state index contributed by atoms with van der Waals surface area (Å²) in [4.78, 5) is 16.9. The van der Waals surface area contributed by atoms with Crippen molar-refractivity contribution in [2.24, 2.45) is 5.92 Å². The minimum Gasteiger partial charge on any atom is -0.481 e. The Morgan fingerprint density at radius 2 is 1.91 bits per heavy atom. The molecule has 0 unspecified atom stereocenters. The molecule has 0 aliphatic carbocycles. The van der Waals surface area contributed by atoms with Crippen molar-refractivity contribution in [3.8, 4) is 0 Å². The summed E-state index contributed by atoms with van der Waals surface area (Å²) in [5.74, 6) is -4.64. The van der Waals surface area contributed by atoms with Gasteiger partial charge in [-0.15, -0.1) is 0 Å². The fraction of sp³-hybridized carbons (Fsp3) is 0.250. The Balaban J connectivity index is 1.94. The number of anilines is 1. The summed E-state index contributed by atoms with van der Waals surface area (Å²) in [7, 11) is 0. The summed E-state index contributed by atoms with van der Waals surface area (Å²) < 4.78 is 40.4. The topological polar surface area (TPSA) is 53.4 Å². The van der Waals surface area contributed by atoms with Crippen LogP contribution in [0.3, 0.4) is 0 Å². The second kappa shape index (κ2) is 5.91. The molecular weight excluding hydrogens is 309 g/mol. The van der Waals surface area contributed by atoms with Gasteiger partial charge in [0.25, 0.3) is 0 Å². The van der Waals surface area contributed by atoms with Gasteiger partial charge in [0.15, 0.2) is 0 Å². The molecule has 1 N–H and O–H groups in total. The van der Waals surface area contributed by atoms with E-state index >= 15 is 0 Å². The number of carbonyl (C=O) groups is 1. The van der Waals surface area contributed by atoms with E-state index in [4.69, 9.17) is 0 Å². The Kier molecular flexibility index (Phi) is 3.94. The maximum atomic E-state index is 14.0. The van der Waals surface area contributed by atoms with Gasteiger partial charge in [-0.1, -0.05) is 6.07 Å². The van der Waals surface area contributed by atoms with Gasteiger partial charge in [-0.2, -0.15) is 0 Å². The molecule has 1 fully saturated rings. The van der Waals surface area contributed by atoms with Crippen molar-refractivity contribution in [3.63, 3.8) is 0 Å². The third kappa shape index (κ3) is 2.99. The number of nitrogens with zero attached hydrogens (tertiary/aromatic N) is 2. The molecule has 0 amide bonds. The van der Waals surface area contributed by atoms with Crippen LogP contribution in [-0.4, -0.2) is 29.1 Å². The molecule has 7 heteroatoms. The van der Waals surface area contributed by atoms with Crippen LogP contribution in [0.4, 0.5) is 18.9 Å². The first-order valence-corrected chi connectivity index (χ1v) is 6.99. The largest absolute Gasteiger partial charge is 0.481 e. The Morgan fingerprint density at radius 3 is 2.57 bits per heavy atom. The highest BCUT2D eigenvalue weighted by Gasteiger charge is 2.40. The maximum absolute atomic E-state index is 14.0. The third-order valence-electron chi connectivity index (χ3n) is 4.05. The summed E-state index contributed by atoms with van der Waals surface area (Å²) >= 11 is 0.